The van der Waals surface area contributed by atoms with Crippen LogP contribution in [0.2, 0.25) is 0 Å². The second-order valence-electron chi connectivity index (χ2n) is 3.52. The third kappa shape index (κ3) is 1.53. The minimum Gasteiger partial charge on any atom is -0.328 e. The maximum atomic E-state index is 4.16. The van der Waals surface area contributed by atoms with Gasteiger partial charge in [0.2, 0.25) is 0 Å². The van der Waals surface area contributed by atoms with E-state index >= 15 is 0 Å². The van der Waals surface area contributed by atoms with E-state index in [1.165, 1.54) is 0 Å². The van der Waals surface area contributed by atoms with E-state index in [0.29, 0.717) is 6.04 Å². The van der Waals surface area contributed by atoms with Crippen molar-refractivity contribution in [1.29, 1.82) is 0 Å². The minimum absolute atomic E-state index is 0.431. The van der Waals surface area contributed by atoms with E-state index in [1.54, 1.807) is 12.4 Å². The molecule has 2 heterocycles. The van der Waals surface area contributed by atoms with Gasteiger partial charge in [-0.3, -0.25) is 4.98 Å². The first-order chi connectivity index (χ1) is 6.79. The third-order valence-corrected chi connectivity index (χ3v) is 2.20. The van der Waals surface area contributed by atoms with Crippen LogP contribution in [0, 0.1) is 0 Å². The molecular weight excluding hydrogens is 174 g/mol. The molecule has 0 N–H and O–H groups in total. The fourth-order valence-corrected chi connectivity index (χ4v) is 1.46. The van der Waals surface area contributed by atoms with E-state index in [1.807, 2.05) is 24.7 Å². The summed E-state index contributed by atoms with van der Waals surface area (Å²) in [5, 5.41) is 0. The molecule has 0 aliphatic heterocycles. The van der Waals surface area contributed by atoms with Crippen molar-refractivity contribution in [2.75, 3.05) is 0 Å². The summed E-state index contributed by atoms with van der Waals surface area (Å²) < 4.78 is 2.15. The molecule has 0 bridgehead atoms. The molecule has 2 aromatic heterocycles. The summed E-state index contributed by atoms with van der Waals surface area (Å²) in [4.78, 5) is 8.16. The van der Waals surface area contributed by atoms with Gasteiger partial charge < -0.3 is 4.57 Å². The normalized spacial score (nSPS) is 10.8. The quantitative estimate of drug-likeness (QED) is 0.723. The van der Waals surface area contributed by atoms with Gasteiger partial charge in [0.05, 0.1) is 18.2 Å². The zero-order chi connectivity index (χ0) is 9.97. The lowest BCUT2D eigenvalue weighted by Crippen LogP contribution is -2.00. The van der Waals surface area contributed by atoms with Gasteiger partial charge in [0, 0.05) is 24.0 Å². The van der Waals surface area contributed by atoms with Crippen molar-refractivity contribution in [1.82, 2.24) is 14.5 Å². The first-order valence-corrected chi connectivity index (χ1v) is 4.71. The van der Waals surface area contributed by atoms with Gasteiger partial charge in [-0.25, -0.2) is 4.98 Å². The molecule has 0 saturated carbocycles. The van der Waals surface area contributed by atoms with Crippen LogP contribution < -0.4 is 0 Å². The van der Waals surface area contributed by atoms with Crippen LogP contribution >= 0.6 is 0 Å². The summed E-state index contributed by atoms with van der Waals surface area (Å²) in [7, 11) is 0. The molecule has 2 rings (SSSR count). The van der Waals surface area contributed by atoms with Gasteiger partial charge in [0.15, 0.2) is 0 Å². The molecule has 0 aliphatic rings. The van der Waals surface area contributed by atoms with E-state index in [9.17, 15) is 0 Å². The Balaban J connectivity index is 2.47. The van der Waals surface area contributed by atoms with Gasteiger partial charge in [0.1, 0.15) is 0 Å². The molecule has 0 unspecified atom stereocenters. The molecule has 0 aliphatic carbocycles. The highest BCUT2D eigenvalue weighted by Crippen LogP contribution is 2.20. The van der Waals surface area contributed by atoms with Gasteiger partial charge in [0.25, 0.3) is 0 Å². The molecule has 0 aromatic carbocycles. The molecule has 14 heavy (non-hydrogen) atoms. The lowest BCUT2D eigenvalue weighted by atomic mass is 10.2. The summed E-state index contributed by atoms with van der Waals surface area (Å²) in [6.45, 7) is 4.29. The van der Waals surface area contributed by atoms with E-state index in [4.69, 9.17) is 0 Å². The Morgan fingerprint density at radius 2 is 1.86 bits per heavy atom. The topological polar surface area (TPSA) is 30.7 Å². The zero-order valence-corrected chi connectivity index (χ0v) is 8.38. The molecule has 0 saturated heterocycles. The molecule has 2 aromatic rings. The molecule has 3 heteroatoms. The molecule has 0 atom stereocenters. The van der Waals surface area contributed by atoms with Crippen molar-refractivity contribution in [3.05, 3.63) is 37.1 Å². The Hall–Kier alpha value is -1.64. The summed E-state index contributed by atoms with van der Waals surface area (Å²) in [5.74, 6) is 0. The van der Waals surface area contributed by atoms with Gasteiger partial charge in [-0.05, 0) is 26.0 Å². The van der Waals surface area contributed by atoms with Crippen LogP contribution in [0.1, 0.15) is 19.9 Å². The number of pyridine rings is 1. The Labute approximate surface area is 83.4 Å². The highest BCUT2D eigenvalue weighted by molar-refractivity contribution is 5.57. The van der Waals surface area contributed by atoms with Gasteiger partial charge >= 0.3 is 0 Å². The zero-order valence-electron chi connectivity index (χ0n) is 8.38. The van der Waals surface area contributed by atoms with Crippen molar-refractivity contribution >= 4 is 0 Å². The van der Waals surface area contributed by atoms with Gasteiger partial charge in [-0.15, -0.1) is 0 Å². The third-order valence-electron chi connectivity index (χ3n) is 2.20. The molecule has 0 spiro atoms. The SMILES string of the molecule is CC(C)n1cncc1-c1ccncc1. The van der Waals surface area contributed by atoms with Gasteiger partial charge in [-0.2, -0.15) is 0 Å². The second-order valence-corrected chi connectivity index (χ2v) is 3.52. The van der Waals surface area contributed by atoms with E-state index in [0.717, 1.165) is 11.3 Å². The number of imidazole rings is 1. The van der Waals surface area contributed by atoms with E-state index < -0.39 is 0 Å². The molecular formula is C11H13N3. The number of hydrogen-bond acceptors (Lipinski definition) is 2. The number of hydrogen-bond donors (Lipinski definition) is 0. The molecule has 3 nitrogen and oxygen atoms in total. The fourth-order valence-electron chi connectivity index (χ4n) is 1.46. The predicted octanol–water partition coefficient (Wildman–Crippen LogP) is 2.53. The van der Waals surface area contributed by atoms with Crippen molar-refractivity contribution in [3.8, 4) is 11.3 Å². The maximum absolute atomic E-state index is 4.16. The standard InChI is InChI=1S/C11H13N3/c1-9(2)14-8-13-7-11(14)10-3-5-12-6-4-10/h3-9H,1-2H3. The number of rotatable bonds is 2. The fraction of sp³-hybridized carbons (Fsp3) is 0.273. The van der Waals surface area contributed by atoms with Crippen LogP contribution in [0.3, 0.4) is 0 Å². The van der Waals surface area contributed by atoms with Crippen LogP contribution in [0.5, 0.6) is 0 Å². The van der Waals surface area contributed by atoms with Crippen molar-refractivity contribution in [2.24, 2.45) is 0 Å². The summed E-state index contributed by atoms with van der Waals surface area (Å²) in [6.07, 6.45) is 7.34. The predicted molar refractivity (Wildman–Crippen MR) is 55.8 cm³/mol. The average Bonchev–Trinajstić information content (AvgIpc) is 2.67. The van der Waals surface area contributed by atoms with Crippen LogP contribution in [-0.4, -0.2) is 14.5 Å². The smallest absolute Gasteiger partial charge is 0.0953 e. The summed E-state index contributed by atoms with van der Waals surface area (Å²) >= 11 is 0. The van der Waals surface area contributed by atoms with Crippen LogP contribution in [0.15, 0.2) is 37.1 Å². The van der Waals surface area contributed by atoms with Gasteiger partial charge in [-0.1, -0.05) is 0 Å². The molecule has 0 radical (unpaired) electrons. The minimum atomic E-state index is 0.431. The van der Waals surface area contributed by atoms with E-state index in [-0.39, 0.29) is 0 Å². The Morgan fingerprint density at radius 1 is 1.14 bits per heavy atom. The summed E-state index contributed by atoms with van der Waals surface area (Å²) in [5.41, 5.74) is 2.30. The highest BCUT2D eigenvalue weighted by Gasteiger charge is 2.06. The monoisotopic (exact) mass is 187 g/mol. The number of nitrogens with zero attached hydrogens (tertiary/aromatic N) is 3. The molecule has 72 valence electrons. The lowest BCUT2D eigenvalue weighted by Gasteiger charge is -2.11. The van der Waals surface area contributed by atoms with Crippen molar-refractivity contribution in [3.63, 3.8) is 0 Å². The largest absolute Gasteiger partial charge is 0.328 e. The average molecular weight is 187 g/mol. The van der Waals surface area contributed by atoms with Crippen molar-refractivity contribution < 1.29 is 0 Å². The number of aromatic nitrogens is 3. The molecule has 0 fully saturated rings. The lowest BCUT2D eigenvalue weighted by molar-refractivity contribution is 0.605. The first kappa shape index (κ1) is 8.94. The maximum Gasteiger partial charge on any atom is 0.0953 e. The van der Waals surface area contributed by atoms with Crippen molar-refractivity contribution in [2.45, 2.75) is 19.9 Å². The van der Waals surface area contributed by atoms with E-state index in [2.05, 4.69) is 28.4 Å². The second kappa shape index (κ2) is 3.62. The van der Waals surface area contributed by atoms with Crippen LogP contribution in [0.4, 0.5) is 0 Å². The first-order valence-electron chi connectivity index (χ1n) is 4.71. The van der Waals surface area contributed by atoms with Crippen LogP contribution in [-0.2, 0) is 0 Å². The highest BCUT2D eigenvalue weighted by atomic mass is 15.1. The Kier molecular flexibility index (Phi) is 2.31. The Morgan fingerprint density at radius 3 is 2.50 bits per heavy atom. The summed E-state index contributed by atoms with van der Waals surface area (Å²) in [6, 6.07) is 4.42. The molecule has 0 amide bonds. The Bertz CT molecular complexity index is 403. The van der Waals surface area contributed by atoms with Crippen LogP contribution in [0.25, 0.3) is 11.3 Å².